The predicted octanol–water partition coefficient (Wildman–Crippen LogP) is 5.77. The van der Waals surface area contributed by atoms with E-state index in [0.717, 1.165) is 27.5 Å². The minimum atomic E-state index is -0.262. The first-order valence-corrected chi connectivity index (χ1v) is 11.8. The van der Waals surface area contributed by atoms with Gasteiger partial charge in [-0.25, -0.2) is 9.67 Å². The number of ether oxygens (including phenoxy) is 2. The first kappa shape index (κ1) is 23.8. The highest BCUT2D eigenvalue weighted by Crippen LogP contribution is 2.31. The smallest absolute Gasteiger partial charge is 0.267 e. The van der Waals surface area contributed by atoms with Gasteiger partial charge in [-0.05, 0) is 44.5 Å². The Labute approximate surface area is 207 Å². The lowest BCUT2D eigenvalue weighted by Crippen LogP contribution is -2.12. The van der Waals surface area contributed by atoms with Crippen molar-refractivity contribution in [2.45, 2.75) is 27.2 Å². The number of nitrogens with zero attached hydrogens (tertiary/aromatic N) is 3. The van der Waals surface area contributed by atoms with Crippen LogP contribution in [0.15, 0.2) is 42.5 Å². The Balaban J connectivity index is 1.61. The summed E-state index contributed by atoms with van der Waals surface area (Å²) >= 11 is 7.66. The van der Waals surface area contributed by atoms with Gasteiger partial charge in [-0.3, -0.25) is 4.79 Å². The Bertz CT molecular complexity index is 1360. The monoisotopic (exact) mass is 496 g/mol. The highest BCUT2D eigenvalue weighted by atomic mass is 35.5. The molecular formula is C25H25ClN4O3S. The molecule has 4 aromatic rings. The molecule has 2 aromatic heterocycles. The molecule has 1 N–H and O–H groups in total. The van der Waals surface area contributed by atoms with Crippen molar-refractivity contribution in [1.82, 2.24) is 14.8 Å². The van der Waals surface area contributed by atoms with Crippen molar-refractivity contribution >= 4 is 34.5 Å². The molecule has 0 radical (unpaired) electrons. The second kappa shape index (κ2) is 9.87. The highest BCUT2D eigenvalue weighted by molar-refractivity contribution is 7.16. The molecule has 0 aliphatic heterocycles. The molecule has 0 bridgehead atoms. The third-order valence-corrected chi connectivity index (χ3v) is 7.10. The van der Waals surface area contributed by atoms with Crippen LogP contribution in [-0.4, -0.2) is 34.9 Å². The van der Waals surface area contributed by atoms with E-state index in [9.17, 15) is 4.79 Å². The summed E-state index contributed by atoms with van der Waals surface area (Å²) < 4.78 is 12.4. The van der Waals surface area contributed by atoms with Crippen LogP contribution in [0.25, 0.3) is 5.13 Å². The number of carbonyl (C=O) groups excluding carboxylic acids is 1. The Hall–Kier alpha value is -3.36. The molecule has 4 rings (SSSR count). The molecule has 0 saturated heterocycles. The quantitative estimate of drug-likeness (QED) is 0.351. The van der Waals surface area contributed by atoms with Crippen LogP contribution in [0.4, 0.5) is 5.69 Å². The number of aromatic nitrogens is 3. The number of carbonyl (C=O) groups is 1. The zero-order valence-corrected chi connectivity index (χ0v) is 21.2. The second-order valence-corrected chi connectivity index (χ2v) is 9.15. The van der Waals surface area contributed by atoms with Gasteiger partial charge in [0.25, 0.3) is 5.91 Å². The zero-order valence-electron chi connectivity index (χ0n) is 19.6. The molecule has 0 fully saturated rings. The summed E-state index contributed by atoms with van der Waals surface area (Å²) in [5.74, 6) is 0.892. The Morgan fingerprint density at radius 2 is 1.85 bits per heavy atom. The minimum absolute atomic E-state index is 0.262. The normalized spacial score (nSPS) is 10.9. The molecule has 176 valence electrons. The molecular weight excluding hydrogens is 472 g/mol. The van der Waals surface area contributed by atoms with Crippen molar-refractivity contribution in [2.75, 3.05) is 19.5 Å². The zero-order chi connectivity index (χ0) is 24.4. The Kier molecular flexibility index (Phi) is 6.90. The van der Waals surface area contributed by atoms with Crippen LogP contribution in [0, 0.1) is 20.8 Å². The fraction of sp³-hybridized carbons (Fsp3) is 0.240. The first-order valence-electron chi connectivity index (χ1n) is 10.6. The maximum atomic E-state index is 13.1. The van der Waals surface area contributed by atoms with E-state index in [-0.39, 0.29) is 5.91 Å². The number of thiazole rings is 1. The van der Waals surface area contributed by atoms with Crippen LogP contribution >= 0.6 is 22.9 Å². The summed E-state index contributed by atoms with van der Waals surface area (Å²) in [6, 6.07) is 13.0. The van der Waals surface area contributed by atoms with Gasteiger partial charge < -0.3 is 14.8 Å². The number of benzene rings is 2. The van der Waals surface area contributed by atoms with Crippen LogP contribution in [0.1, 0.15) is 37.9 Å². The lowest BCUT2D eigenvalue weighted by atomic mass is 10.0. The summed E-state index contributed by atoms with van der Waals surface area (Å²) in [4.78, 5) is 18.2. The molecule has 7 nitrogen and oxygen atoms in total. The van der Waals surface area contributed by atoms with Gasteiger partial charge in [0, 0.05) is 28.8 Å². The number of rotatable bonds is 7. The van der Waals surface area contributed by atoms with E-state index in [1.807, 2.05) is 45.0 Å². The van der Waals surface area contributed by atoms with Crippen LogP contribution in [-0.2, 0) is 6.42 Å². The van der Waals surface area contributed by atoms with E-state index in [0.29, 0.717) is 39.3 Å². The van der Waals surface area contributed by atoms with Gasteiger partial charge in [0.05, 0.1) is 31.3 Å². The molecule has 34 heavy (non-hydrogen) atoms. The van der Waals surface area contributed by atoms with Crippen molar-refractivity contribution in [1.29, 1.82) is 0 Å². The van der Waals surface area contributed by atoms with E-state index in [2.05, 4.69) is 10.3 Å². The predicted molar refractivity (Wildman–Crippen MR) is 135 cm³/mol. The third-order valence-electron chi connectivity index (χ3n) is 5.60. The molecule has 9 heteroatoms. The maximum absolute atomic E-state index is 13.1. The van der Waals surface area contributed by atoms with E-state index in [1.54, 1.807) is 37.1 Å². The third kappa shape index (κ3) is 4.64. The number of methoxy groups -OCH3 is 2. The van der Waals surface area contributed by atoms with E-state index < -0.39 is 0 Å². The number of nitrogens with one attached hydrogen (secondary N) is 1. The van der Waals surface area contributed by atoms with Gasteiger partial charge >= 0.3 is 0 Å². The van der Waals surface area contributed by atoms with E-state index >= 15 is 0 Å². The van der Waals surface area contributed by atoms with Gasteiger partial charge in [0.15, 0.2) is 0 Å². The number of aryl methyl sites for hydroxylation is 2. The van der Waals surface area contributed by atoms with Crippen LogP contribution in [0.2, 0.25) is 5.02 Å². The second-order valence-electron chi connectivity index (χ2n) is 7.76. The van der Waals surface area contributed by atoms with E-state index in [4.69, 9.17) is 26.2 Å². The van der Waals surface area contributed by atoms with Crippen molar-refractivity contribution < 1.29 is 14.3 Å². The van der Waals surface area contributed by atoms with Crippen molar-refractivity contribution in [3.05, 3.63) is 80.6 Å². The topological polar surface area (TPSA) is 78.3 Å². The molecule has 2 aromatic carbocycles. The number of hydrogen-bond donors (Lipinski definition) is 1. The van der Waals surface area contributed by atoms with Crippen LogP contribution in [0.5, 0.6) is 11.5 Å². The van der Waals surface area contributed by atoms with Gasteiger partial charge in [-0.15, -0.1) is 0 Å². The standard InChI is InChI=1S/C25H25ClN4O3S/c1-14-19(12-17-8-6-7-9-20(17)26)16(3)30(29-14)25-27-15(2)23(34-25)24(31)28-21-11-10-18(32-4)13-22(21)33-5/h6-11,13H,12H2,1-5H3,(H,28,31). The molecule has 1 amide bonds. The molecule has 0 atom stereocenters. The van der Waals surface area contributed by atoms with Gasteiger partial charge in [0.2, 0.25) is 5.13 Å². The molecule has 2 heterocycles. The molecule has 0 spiro atoms. The average Bonchev–Trinajstić information content (AvgIpc) is 3.35. The Morgan fingerprint density at radius 3 is 2.56 bits per heavy atom. The van der Waals surface area contributed by atoms with E-state index in [1.165, 1.54) is 11.3 Å². The van der Waals surface area contributed by atoms with Gasteiger partial charge in [0.1, 0.15) is 16.4 Å². The van der Waals surface area contributed by atoms with Crippen molar-refractivity contribution in [3.8, 4) is 16.6 Å². The first-order chi connectivity index (χ1) is 16.3. The summed E-state index contributed by atoms with van der Waals surface area (Å²) in [6.45, 7) is 5.79. The van der Waals surface area contributed by atoms with Crippen molar-refractivity contribution in [3.63, 3.8) is 0 Å². The molecule has 0 aliphatic rings. The maximum Gasteiger partial charge on any atom is 0.267 e. The Morgan fingerprint density at radius 1 is 1.09 bits per heavy atom. The summed E-state index contributed by atoms with van der Waals surface area (Å²) in [7, 11) is 3.12. The lowest BCUT2D eigenvalue weighted by Gasteiger charge is -2.11. The minimum Gasteiger partial charge on any atom is -0.497 e. The molecule has 0 unspecified atom stereocenters. The lowest BCUT2D eigenvalue weighted by molar-refractivity contribution is 0.102. The SMILES string of the molecule is COc1ccc(NC(=O)c2sc(-n3nc(C)c(Cc4ccccc4Cl)c3C)nc2C)c(OC)c1. The molecule has 0 aliphatic carbocycles. The fourth-order valence-electron chi connectivity index (χ4n) is 3.71. The summed E-state index contributed by atoms with van der Waals surface area (Å²) in [5, 5.41) is 8.98. The average molecular weight is 497 g/mol. The fourth-order valence-corrected chi connectivity index (χ4v) is 4.88. The number of halogens is 1. The largest absolute Gasteiger partial charge is 0.497 e. The van der Waals surface area contributed by atoms with Crippen molar-refractivity contribution in [2.24, 2.45) is 0 Å². The number of hydrogen-bond acceptors (Lipinski definition) is 6. The molecule has 0 saturated carbocycles. The van der Waals surface area contributed by atoms with Crippen LogP contribution in [0.3, 0.4) is 0 Å². The summed E-state index contributed by atoms with van der Waals surface area (Å²) in [6.07, 6.45) is 0.673. The van der Waals surface area contributed by atoms with Crippen LogP contribution < -0.4 is 14.8 Å². The summed E-state index contributed by atoms with van der Waals surface area (Å²) in [5.41, 5.74) is 5.18. The number of anilines is 1. The number of amides is 1. The van der Waals surface area contributed by atoms with Gasteiger partial charge in [-0.2, -0.15) is 5.10 Å². The highest BCUT2D eigenvalue weighted by Gasteiger charge is 2.21. The van der Waals surface area contributed by atoms with Gasteiger partial charge in [-0.1, -0.05) is 41.1 Å².